The molecule has 0 aromatic carbocycles. The van der Waals surface area contributed by atoms with E-state index >= 15 is 0 Å². The molecule has 0 aromatic heterocycles. The van der Waals surface area contributed by atoms with Gasteiger partial charge in [-0.15, -0.1) is 0 Å². The molecule has 4 unspecified atom stereocenters. The van der Waals surface area contributed by atoms with E-state index in [4.69, 9.17) is 4.74 Å². The van der Waals surface area contributed by atoms with Crippen LogP contribution in [0.15, 0.2) is 0 Å². The molecule has 2 saturated carbocycles. The Morgan fingerprint density at radius 2 is 2.10 bits per heavy atom. The monoisotopic (exact) mass is 280 g/mol. The molecule has 2 rings (SSSR count). The van der Waals surface area contributed by atoms with Crippen molar-refractivity contribution in [3.8, 4) is 0 Å². The SMILES string of the molecule is CCC(CCCCC1CCC2CC(=O)CC12)OC(C)=O. The van der Waals surface area contributed by atoms with Gasteiger partial charge in [0, 0.05) is 19.8 Å². The van der Waals surface area contributed by atoms with E-state index in [-0.39, 0.29) is 12.1 Å². The average molecular weight is 280 g/mol. The summed E-state index contributed by atoms with van der Waals surface area (Å²) in [6, 6.07) is 0. The van der Waals surface area contributed by atoms with Crippen molar-refractivity contribution in [2.45, 2.75) is 77.7 Å². The van der Waals surface area contributed by atoms with Crippen LogP contribution in [0.4, 0.5) is 0 Å². The molecule has 4 atom stereocenters. The minimum Gasteiger partial charge on any atom is -0.463 e. The fourth-order valence-corrected chi connectivity index (χ4v) is 4.18. The molecule has 0 radical (unpaired) electrons. The summed E-state index contributed by atoms with van der Waals surface area (Å²) < 4.78 is 5.27. The van der Waals surface area contributed by atoms with E-state index in [0.717, 1.165) is 38.0 Å². The molecule has 0 heterocycles. The van der Waals surface area contributed by atoms with Gasteiger partial charge in [0.15, 0.2) is 0 Å². The maximum Gasteiger partial charge on any atom is 0.302 e. The molecule has 114 valence electrons. The highest BCUT2D eigenvalue weighted by Crippen LogP contribution is 2.47. The van der Waals surface area contributed by atoms with Gasteiger partial charge in [-0.05, 0) is 49.9 Å². The zero-order valence-corrected chi connectivity index (χ0v) is 12.9. The number of ketones is 1. The number of Topliss-reactive ketones (excluding diaryl/α,β-unsaturated/α-hetero) is 1. The Morgan fingerprint density at radius 3 is 2.80 bits per heavy atom. The Bertz CT molecular complexity index is 350. The summed E-state index contributed by atoms with van der Waals surface area (Å²) >= 11 is 0. The standard InChI is InChI=1S/C17H28O3/c1-3-16(20-12(2)18)7-5-4-6-13-8-9-14-10-15(19)11-17(13)14/h13-14,16-17H,3-11H2,1-2H3. The highest BCUT2D eigenvalue weighted by atomic mass is 16.5. The molecule has 3 nitrogen and oxygen atoms in total. The molecule has 0 saturated heterocycles. The van der Waals surface area contributed by atoms with Gasteiger partial charge in [0.25, 0.3) is 0 Å². The number of unbranched alkanes of at least 4 members (excludes halogenated alkanes) is 1. The van der Waals surface area contributed by atoms with E-state index in [1.54, 1.807) is 0 Å². The van der Waals surface area contributed by atoms with Crippen molar-refractivity contribution < 1.29 is 14.3 Å². The molecule has 20 heavy (non-hydrogen) atoms. The highest BCUT2D eigenvalue weighted by Gasteiger charge is 2.42. The van der Waals surface area contributed by atoms with E-state index < -0.39 is 0 Å². The molecule has 2 aliphatic carbocycles. The summed E-state index contributed by atoms with van der Waals surface area (Å²) in [6.45, 7) is 3.55. The maximum absolute atomic E-state index is 11.5. The highest BCUT2D eigenvalue weighted by molar-refractivity contribution is 5.81. The van der Waals surface area contributed by atoms with Gasteiger partial charge in [0.1, 0.15) is 11.9 Å². The average Bonchev–Trinajstić information content (AvgIpc) is 2.92. The van der Waals surface area contributed by atoms with E-state index in [1.807, 2.05) is 0 Å². The van der Waals surface area contributed by atoms with Gasteiger partial charge in [-0.3, -0.25) is 9.59 Å². The van der Waals surface area contributed by atoms with Crippen LogP contribution >= 0.6 is 0 Å². The quantitative estimate of drug-likeness (QED) is 0.525. The van der Waals surface area contributed by atoms with E-state index in [1.165, 1.54) is 32.6 Å². The van der Waals surface area contributed by atoms with Gasteiger partial charge in [0.05, 0.1) is 0 Å². The van der Waals surface area contributed by atoms with Crippen molar-refractivity contribution in [1.29, 1.82) is 0 Å². The maximum atomic E-state index is 11.5. The predicted molar refractivity (Wildman–Crippen MR) is 78.3 cm³/mol. The first kappa shape index (κ1) is 15.5. The topological polar surface area (TPSA) is 43.4 Å². The van der Waals surface area contributed by atoms with Gasteiger partial charge >= 0.3 is 5.97 Å². The summed E-state index contributed by atoms with van der Waals surface area (Å²) in [7, 11) is 0. The number of hydrogen-bond donors (Lipinski definition) is 0. The molecule has 0 N–H and O–H groups in total. The fourth-order valence-electron chi connectivity index (χ4n) is 4.18. The molecule has 0 amide bonds. The number of fused-ring (bicyclic) bond motifs is 1. The van der Waals surface area contributed by atoms with Gasteiger partial charge in [0.2, 0.25) is 0 Å². The number of hydrogen-bond acceptors (Lipinski definition) is 3. The molecule has 2 aliphatic rings. The largest absolute Gasteiger partial charge is 0.463 e. The Labute approximate surface area is 122 Å². The number of carbonyl (C=O) groups excluding carboxylic acids is 2. The molecule has 2 fully saturated rings. The second kappa shape index (κ2) is 7.24. The number of esters is 1. The fraction of sp³-hybridized carbons (Fsp3) is 0.882. The van der Waals surface area contributed by atoms with E-state index in [9.17, 15) is 9.59 Å². The van der Waals surface area contributed by atoms with Crippen molar-refractivity contribution >= 4 is 11.8 Å². The number of ether oxygens (including phenoxy) is 1. The smallest absolute Gasteiger partial charge is 0.302 e. The van der Waals surface area contributed by atoms with Crippen LogP contribution in [0.5, 0.6) is 0 Å². The van der Waals surface area contributed by atoms with Crippen LogP contribution in [0.2, 0.25) is 0 Å². The first-order valence-electron chi connectivity index (χ1n) is 8.29. The molecule has 0 aliphatic heterocycles. The zero-order valence-electron chi connectivity index (χ0n) is 12.9. The molecule has 3 heteroatoms. The van der Waals surface area contributed by atoms with E-state index in [2.05, 4.69) is 6.92 Å². The van der Waals surface area contributed by atoms with Crippen LogP contribution in [-0.4, -0.2) is 17.9 Å². The summed E-state index contributed by atoms with van der Waals surface area (Å²) in [6.07, 6.45) is 9.87. The van der Waals surface area contributed by atoms with Gasteiger partial charge in [-0.1, -0.05) is 19.8 Å². The van der Waals surface area contributed by atoms with Crippen molar-refractivity contribution in [3.05, 3.63) is 0 Å². The minimum atomic E-state index is -0.167. The number of rotatable bonds is 7. The van der Waals surface area contributed by atoms with Crippen molar-refractivity contribution in [2.75, 3.05) is 0 Å². The second-order valence-electron chi connectivity index (χ2n) is 6.63. The van der Waals surface area contributed by atoms with E-state index in [0.29, 0.717) is 17.6 Å². The number of carbonyl (C=O) groups is 2. The third kappa shape index (κ3) is 4.07. The lowest BCUT2D eigenvalue weighted by Gasteiger charge is -2.19. The van der Waals surface area contributed by atoms with Crippen LogP contribution in [0.25, 0.3) is 0 Å². The van der Waals surface area contributed by atoms with Gasteiger partial charge in [-0.2, -0.15) is 0 Å². The van der Waals surface area contributed by atoms with Gasteiger partial charge < -0.3 is 4.74 Å². The zero-order chi connectivity index (χ0) is 14.5. The van der Waals surface area contributed by atoms with Crippen molar-refractivity contribution in [2.24, 2.45) is 17.8 Å². The Balaban J connectivity index is 1.63. The normalized spacial score (nSPS) is 30.3. The Kier molecular flexibility index (Phi) is 5.62. The summed E-state index contributed by atoms with van der Waals surface area (Å²) in [4.78, 5) is 22.5. The molecular weight excluding hydrogens is 252 g/mol. The van der Waals surface area contributed by atoms with Crippen molar-refractivity contribution in [3.63, 3.8) is 0 Å². The first-order valence-corrected chi connectivity index (χ1v) is 8.29. The third-order valence-corrected chi connectivity index (χ3v) is 5.21. The van der Waals surface area contributed by atoms with Crippen LogP contribution in [0, 0.1) is 17.8 Å². The van der Waals surface area contributed by atoms with Gasteiger partial charge in [-0.25, -0.2) is 0 Å². The third-order valence-electron chi connectivity index (χ3n) is 5.21. The van der Waals surface area contributed by atoms with Crippen LogP contribution in [0.3, 0.4) is 0 Å². The molecule has 0 spiro atoms. The van der Waals surface area contributed by atoms with Crippen LogP contribution in [0.1, 0.15) is 71.6 Å². The molecule has 0 bridgehead atoms. The lowest BCUT2D eigenvalue weighted by atomic mass is 9.88. The summed E-state index contributed by atoms with van der Waals surface area (Å²) in [5, 5.41) is 0. The Hall–Kier alpha value is -0.860. The Morgan fingerprint density at radius 1 is 1.30 bits per heavy atom. The lowest BCUT2D eigenvalue weighted by Crippen LogP contribution is -2.15. The molecular formula is C17H28O3. The van der Waals surface area contributed by atoms with Crippen molar-refractivity contribution in [1.82, 2.24) is 0 Å². The predicted octanol–water partition coefficient (Wildman–Crippen LogP) is 3.89. The van der Waals surface area contributed by atoms with Crippen LogP contribution < -0.4 is 0 Å². The molecule has 0 aromatic rings. The second-order valence-corrected chi connectivity index (χ2v) is 6.63. The summed E-state index contributed by atoms with van der Waals surface area (Å²) in [5.41, 5.74) is 0. The lowest BCUT2D eigenvalue weighted by molar-refractivity contribution is -0.146. The summed E-state index contributed by atoms with van der Waals surface area (Å²) in [5.74, 6) is 2.50. The van der Waals surface area contributed by atoms with Crippen LogP contribution in [-0.2, 0) is 14.3 Å². The first-order chi connectivity index (χ1) is 9.60. The minimum absolute atomic E-state index is 0.0943.